The number of ether oxygens (including phenoxy) is 1. The Bertz CT molecular complexity index is 14.4. The molecule has 1 nitrogen and oxygen atoms in total. The molecule has 0 N–H and O–H groups in total. The molecule has 31 valence electrons. The van der Waals surface area contributed by atoms with Gasteiger partial charge < -0.3 is 0 Å². The zero-order valence-corrected chi connectivity index (χ0v) is 4.94. The van der Waals surface area contributed by atoms with Crippen LogP contribution in [0.3, 0.4) is 0 Å². The van der Waals surface area contributed by atoms with Crippen LogP contribution in [-0.4, -0.2) is 29.7 Å². The van der Waals surface area contributed by atoms with Crippen molar-refractivity contribution in [2.75, 3.05) is 13.7 Å². The van der Waals surface area contributed by atoms with Gasteiger partial charge in [-0.1, -0.05) is 0 Å². The normalized spacial score (nSPS) is 8.40. The van der Waals surface area contributed by atoms with Gasteiger partial charge in [-0.15, -0.1) is 0 Å². The molecule has 1 radical (unpaired) electrons. The van der Waals surface area contributed by atoms with Gasteiger partial charge in [0.15, 0.2) is 0 Å². The van der Waals surface area contributed by atoms with Crippen LogP contribution in [0, 0.1) is 0 Å². The predicted octanol–water partition coefficient (Wildman–Crippen LogP) is 0.220. The van der Waals surface area contributed by atoms with Crippen LogP contribution in [0.4, 0.5) is 0 Å². The molecule has 0 bridgehead atoms. The summed E-state index contributed by atoms with van der Waals surface area (Å²) in [5, 5.41) is 0.997. The zero-order valence-electron chi connectivity index (χ0n) is 3.23. The van der Waals surface area contributed by atoms with E-state index in [0.717, 1.165) is 11.9 Å². The molecule has 0 amide bonds. The second kappa shape index (κ2) is 4.48. The fourth-order valence-electron chi connectivity index (χ4n) is 0.0833. The molecular formula is C3H7OSe. The Labute approximate surface area is 40.5 Å². The Balaban J connectivity index is 2.19. The van der Waals surface area contributed by atoms with Crippen molar-refractivity contribution in [3.8, 4) is 0 Å². The summed E-state index contributed by atoms with van der Waals surface area (Å²) >= 11 is 2.82. The van der Waals surface area contributed by atoms with Crippen molar-refractivity contribution in [3.63, 3.8) is 0 Å². The first kappa shape index (κ1) is 5.48. The number of hydrogen-bond donors (Lipinski definition) is 0. The van der Waals surface area contributed by atoms with E-state index in [2.05, 4.69) is 20.7 Å². The van der Waals surface area contributed by atoms with Gasteiger partial charge in [0.1, 0.15) is 0 Å². The molecule has 0 aromatic heterocycles. The minimum atomic E-state index is 0.833. The number of methoxy groups -OCH3 is 1. The molecule has 0 rings (SSSR count). The van der Waals surface area contributed by atoms with Crippen LogP contribution < -0.4 is 0 Å². The SMILES string of the molecule is COCC[Se]. The summed E-state index contributed by atoms with van der Waals surface area (Å²) < 4.78 is 4.66. The fraction of sp³-hybridized carbons (Fsp3) is 1.00. The summed E-state index contributed by atoms with van der Waals surface area (Å²) in [6.45, 7) is 0.833. The maximum absolute atomic E-state index is 4.66. The van der Waals surface area contributed by atoms with Crippen LogP contribution in [0.15, 0.2) is 0 Å². The molecule has 0 fully saturated rings. The average molecular weight is 138 g/mol. The first-order chi connectivity index (χ1) is 2.41. The van der Waals surface area contributed by atoms with Crippen molar-refractivity contribution in [2.24, 2.45) is 0 Å². The molecule has 0 aliphatic heterocycles. The van der Waals surface area contributed by atoms with E-state index in [1.165, 1.54) is 0 Å². The quantitative estimate of drug-likeness (QED) is 0.496. The van der Waals surface area contributed by atoms with Gasteiger partial charge in [0.25, 0.3) is 0 Å². The summed E-state index contributed by atoms with van der Waals surface area (Å²) in [7, 11) is 1.69. The van der Waals surface area contributed by atoms with E-state index in [0.29, 0.717) is 0 Å². The van der Waals surface area contributed by atoms with Crippen molar-refractivity contribution in [1.29, 1.82) is 0 Å². The Morgan fingerprint density at radius 3 is 2.40 bits per heavy atom. The van der Waals surface area contributed by atoms with E-state index < -0.39 is 0 Å². The number of rotatable bonds is 2. The first-order valence-electron chi connectivity index (χ1n) is 1.49. The third kappa shape index (κ3) is 4.48. The van der Waals surface area contributed by atoms with Crippen molar-refractivity contribution >= 4 is 16.0 Å². The summed E-state index contributed by atoms with van der Waals surface area (Å²) in [4.78, 5) is 0. The predicted molar refractivity (Wildman–Crippen MR) is 22.4 cm³/mol. The van der Waals surface area contributed by atoms with E-state index in [-0.39, 0.29) is 0 Å². The van der Waals surface area contributed by atoms with E-state index in [1.54, 1.807) is 7.11 Å². The second-order valence-corrected chi connectivity index (χ2v) is 1.55. The Morgan fingerprint density at radius 2 is 2.40 bits per heavy atom. The molecule has 0 aromatic rings. The molecule has 2 heteroatoms. The topological polar surface area (TPSA) is 9.23 Å². The molecule has 0 atom stereocenters. The standard InChI is InChI=1S/C3H7OSe/c1-4-2-3-5/h2-3H2,1H3. The summed E-state index contributed by atoms with van der Waals surface area (Å²) in [6.07, 6.45) is 0. The molecule has 0 aliphatic rings. The van der Waals surface area contributed by atoms with Crippen molar-refractivity contribution in [1.82, 2.24) is 0 Å². The number of hydrogen-bond acceptors (Lipinski definition) is 1. The Morgan fingerprint density at radius 1 is 1.80 bits per heavy atom. The molecule has 0 saturated heterocycles. The van der Waals surface area contributed by atoms with Crippen molar-refractivity contribution in [2.45, 2.75) is 5.32 Å². The van der Waals surface area contributed by atoms with Crippen LogP contribution in [0.25, 0.3) is 0 Å². The van der Waals surface area contributed by atoms with Gasteiger partial charge in [0, 0.05) is 0 Å². The minimum absolute atomic E-state index is 0.833. The monoisotopic (exact) mass is 139 g/mol. The third-order valence-electron chi connectivity index (χ3n) is 0.287. The molecule has 0 spiro atoms. The molecule has 5 heavy (non-hydrogen) atoms. The first-order valence-corrected chi connectivity index (χ1v) is 2.70. The Hall–Kier alpha value is 0.479. The fourth-order valence-corrected chi connectivity index (χ4v) is 0.433. The average Bonchev–Trinajstić information content (AvgIpc) is 1.41. The van der Waals surface area contributed by atoms with Gasteiger partial charge in [-0.25, -0.2) is 0 Å². The molecule has 0 aliphatic carbocycles. The van der Waals surface area contributed by atoms with E-state index >= 15 is 0 Å². The molecule has 0 unspecified atom stereocenters. The summed E-state index contributed by atoms with van der Waals surface area (Å²) in [6, 6.07) is 0. The summed E-state index contributed by atoms with van der Waals surface area (Å²) in [5.74, 6) is 0. The van der Waals surface area contributed by atoms with Crippen molar-refractivity contribution < 1.29 is 4.74 Å². The van der Waals surface area contributed by atoms with Gasteiger partial charge in [0.05, 0.1) is 0 Å². The molecule has 0 aromatic carbocycles. The second-order valence-electron chi connectivity index (χ2n) is 0.697. The van der Waals surface area contributed by atoms with Crippen molar-refractivity contribution in [3.05, 3.63) is 0 Å². The van der Waals surface area contributed by atoms with Gasteiger partial charge in [0.2, 0.25) is 0 Å². The molecule has 0 heterocycles. The van der Waals surface area contributed by atoms with Gasteiger partial charge in [-0.05, 0) is 0 Å². The molecular weight excluding hydrogens is 131 g/mol. The van der Waals surface area contributed by atoms with Crippen LogP contribution in [0.2, 0.25) is 5.32 Å². The summed E-state index contributed by atoms with van der Waals surface area (Å²) in [5.41, 5.74) is 0. The van der Waals surface area contributed by atoms with Gasteiger partial charge in [-0.2, -0.15) is 0 Å². The van der Waals surface area contributed by atoms with Crippen LogP contribution in [0.1, 0.15) is 0 Å². The zero-order chi connectivity index (χ0) is 4.12. The van der Waals surface area contributed by atoms with E-state index in [9.17, 15) is 0 Å². The van der Waals surface area contributed by atoms with Crippen LogP contribution in [-0.2, 0) is 4.74 Å². The van der Waals surface area contributed by atoms with E-state index in [4.69, 9.17) is 0 Å². The van der Waals surface area contributed by atoms with Crippen LogP contribution >= 0.6 is 0 Å². The van der Waals surface area contributed by atoms with Gasteiger partial charge >= 0.3 is 39.8 Å². The van der Waals surface area contributed by atoms with E-state index in [1.807, 2.05) is 0 Å². The Kier molecular flexibility index (Phi) is 4.91. The third-order valence-corrected chi connectivity index (χ3v) is 0.637. The van der Waals surface area contributed by atoms with Crippen LogP contribution in [0.5, 0.6) is 0 Å². The van der Waals surface area contributed by atoms with Gasteiger partial charge in [-0.3, -0.25) is 0 Å². The maximum atomic E-state index is 4.66. The molecule has 0 saturated carbocycles.